The van der Waals surface area contributed by atoms with Crippen molar-refractivity contribution < 1.29 is 15.1 Å². The molecule has 2 unspecified atom stereocenters. The summed E-state index contributed by atoms with van der Waals surface area (Å²) in [6, 6.07) is 4.72. The molecule has 6 heteroatoms. The molecule has 2 rings (SSSR count). The molecule has 0 saturated carbocycles. The first kappa shape index (κ1) is 13.8. The van der Waals surface area contributed by atoms with Gasteiger partial charge in [0.1, 0.15) is 5.69 Å². The molecule has 1 aliphatic rings. The Balaban J connectivity index is 2.38. The molecule has 0 aromatic heterocycles. The van der Waals surface area contributed by atoms with Crippen LogP contribution in [0.5, 0.6) is 0 Å². The summed E-state index contributed by atoms with van der Waals surface area (Å²) in [6.07, 6.45) is -0.156. The van der Waals surface area contributed by atoms with Crippen molar-refractivity contribution in [3.63, 3.8) is 0 Å². The van der Waals surface area contributed by atoms with Gasteiger partial charge < -0.3 is 15.1 Å². The Morgan fingerprint density at radius 1 is 1.53 bits per heavy atom. The highest BCUT2D eigenvalue weighted by Gasteiger charge is 2.34. The predicted octanol–water partition coefficient (Wildman–Crippen LogP) is 1.61. The van der Waals surface area contributed by atoms with Gasteiger partial charge in [-0.15, -0.1) is 0 Å². The van der Waals surface area contributed by atoms with Crippen LogP contribution in [0.25, 0.3) is 0 Å². The van der Waals surface area contributed by atoms with Gasteiger partial charge in [-0.05, 0) is 31.9 Å². The van der Waals surface area contributed by atoms with Crippen LogP contribution in [-0.2, 0) is 0 Å². The number of benzene rings is 1. The molecule has 2 N–H and O–H groups in total. The Morgan fingerprint density at radius 3 is 2.68 bits per heavy atom. The van der Waals surface area contributed by atoms with E-state index in [0.717, 1.165) is 0 Å². The number of nitro benzene ring substituents is 1. The van der Waals surface area contributed by atoms with E-state index in [0.29, 0.717) is 30.8 Å². The summed E-state index contributed by atoms with van der Waals surface area (Å²) >= 11 is 0. The van der Waals surface area contributed by atoms with Gasteiger partial charge >= 0.3 is 0 Å². The second kappa shape index (κ2) is 4.79. The van der Waals surface area contributed by atoms with Crippen LogP contribution in [0.3, 0.4) is 0 Å². The molecule has 19 heavy (non-hydrogen) atoms. The standard InChI is InChI=1S/C13H18N2O4/c1-9(16)10-3-4-11(12(7-10)15(18)19)14-6-5-13(2,17)8-14/h3-4,7,9,16-17H,5-6,8H2,1-2H3. The lowest BCUT2D eigenvalue weighted by Gasteiger charge is -2.21. The van der Waals surface area contributed by atoms with Gasteiger partial charge in [0.2, 0.25) is 0 Å². The maximum Gasteiger partial charge on any atom is 0.292 e. The van der Waals surface area contributed by atoms with E-state index >= 15 is 0 Å². The Kier molecular flexibility index (Phi) is 3.47. The summed E-state index contributed by atoms with van der Waals surface area (Å²) in [7, 11) is 0. The van der Waals surface area contributed by atoms with E-state index in [1.807, 2.05) is 4.90 Å². The fraction of sp³-hybridized carbons (Fsp3) is 0.538. The van der Waals surface area contributed by atoms with E-state index in [2.05, 4.69) is 0 Å². The van der Waals surface area contributed by atoms with Crippen molar-refractivity contribution in [3.8, 4) is 0 Å². The number of aliphatic hydroxyl groups is 2. The highest BCUT2D eigenvalue weighted by atomic mass is 16.6. The lowest BCUT2D eigenvalue weighted by Crippen LogP contribution is -2.29. The van der Waals surface area contributed by atoms with Crippen molar-refractivity contribution >= 4 is 11.4 Å². The maximum atomic E-state index is 11.1. The third-order valence-corrected chi connectivity index (χ3v) is 3.47. The summed E-state index contributed by atoms with van der Waals surface area (Å²) < 4.78 is 0. The number of β-amino-alcohol motifs (C(OH)–C–C–N with tert-alkyl or cyclic N) is 1. The SMILES string of the molecule is CC(O)c1ccc(N2CCC(C)(O)C2)c([N+](=O)[O-])c1. The highest BCUT2D eigenvalue weighted by Crippen LogP contribution is 2.35. The zero-order chi connectivity index (χ0) is 14.2. The van der Waals surface area contributed by atoms with Gasteiger partial charge in [-0.1, -0.05) is 6.07 Å². The minimum absolute atomic E-state index is 0.0314. The van der Waals surface area contributed by atoms with Gasteiger partial charge in [-0.25, -0.2) is 0 Å². The van der Waals surface area contributed by atoms with Gasteiger partial charge in [-0.2, -0.15) is 0 Å². The van der Waals surface area contributed by atoms with E-state index in [9.17, 15) is 20.3 Å². The summed E-state index contributed by atoms with van der Waals surface area (Å²) in [6.45, 7) is 4.26. The van der Waals surface area contributed by atoms with Crippen LogP contribution in [0.4, 0.5) is 11.4 Å². The monoisotopic (exact) mass is 266 g/mol. The number of hydrogen-bond donors (Lipinski definition) is 2. The zero-order valence-electron chi connectivity index (χ0n) is 11.0. The van der Waals surface area contributed by atoms with Crippen LogP contribution in [0.1, 0.15) is 31.9 Å². The van der Waals surface area contributed by atoms with Crippen molar-refractivity contribution in [2.75, 3.05) is 18.0 Å². The van der Waals surface area contributed by atoms with Crippen LogP contribution >= 0.6 is 0 Å². The number of hydrogen-bond acceptors (Lipinski definition) is 5. The normalized spacial score (nSPS) is 24.5. The Bertz CT molecular complexity index is 499. The van der Waals surface area contributed by atoms with Crippen LogP contribution in [0.15, 0.2) is 18.2 Å². The van der Waals surface area contributed by atoms with Crippen molar-refractivity contribution in [3.05, 3.63) is 33.9 Å². The number of rotatable bonds is 3. The molecule has 1 aromatic carbocycles. The first-order chi connectivity index (χ1) is 8.80. The van der Waals surface area contributed by atoms with E-state index in [1.165, 1.54) is 6.07 Å². The molecule has 0 amide bonds. The quantitative estimate of drug-likeness (QED) is 0.641. The molecule has 0 radical (unpaired) electrons. The summed E-state index contributed by atoms with van der Waals surface area (Å²) in [5.41, 5.74) is 0.168. The van der Waals surface area contributed by atoms with Gasteiger partial charge in [0, 0.05) is 19.2 Å². The molecule has 104 valence electrons. The molecule has 1 saturated heterocycles. The van der Waals surface area contributed by atoms with Crippen LogP contribution in [-0.4, -0.2) is 33.8 Å². The summed E-state index contributed by atoms with van der Waals surface area (Å²) in [5, 5.41) is 30.6. The summed E-state index contributed by atoms with van der Waals surface area (Å²) in [4.78, 5) is 12.5. The molecule has 6 nitrogen and oxygen atoms in total. The van der Waals surface area contributed by atoms with E-state index in [-0.39, 0.29) is 5.69 Å². The van der Waals surface area contributed by atoms with Gasteiger partial charge in [0.15, 0.2) is 0 Å². The second-order valence-electron chi connectivity index (χ2n) is 5.35. The first-order valence-electron chi connectivity index (χ1n) is 6.24. The lowest BCUT2D eigenvalue weighted by atomic mass is 10.1. The molecule has 1 aromatic rings. The molecule has 2 atom stereocenters. The molecular formula is C13H18N2O4. The molecule has 1 fully saturated rings. The number of nitrogens with zero attached hydrogens (tertiary/aromatic N) is 2. The predicted molar refractivity (Wildman–Crippen MR) is 71.2 cm³/mol. The van der Waals surface area contributed by atoms with Crippen LogP contribution in [0, 0.1) is 10.1 Å². The van der Waals surface area contributed by atoms with Crippen LogP contribution in [0.2, 0.25) is 0 Å². The van der Waals surface area contributed by atoms with E-state index in [1.54, 1.807) is 26.0 Å². The number of anilines is 1. The Morgan fingerprint density at radius 2 is 2.21 bits per heavy atom. The smallest absolute Gasteiger partial charge is 0.292 e. The van der Waals surface area contributed by atoms with Crippen molar-refractivity contribution in [1.82, 2.24) is 0 Å². The minimum Gasteiger partial charge on any atom is -0.389 e. The van der Waals surface area contributed by atoms with Gasteiger partial charge in [-0.3, -0.25) is 10.1 Å². The van der Waals surface area contributed by atoms with Crippen molar-refractivity contribution in [2.45, 2.75) is 32.0 Å². The largest absolute Gasteiger partial charge is 0.389 e. The average molecular weight is 266 g/mol. The third kappa shape index (κ3) is 2.85. The molecule has 0 bridgehead atoms. The summed E-state index contributed by atoms with van der Waals surface area (Å²) in [5.74, 6) is 0. The van der Waals surface area contributed by atoms with Gasteiger partial charge in [0.05, 0.1) is 16.6 Å². The molecule has 1 heterocycles. The van der Waals surface area contributed by atoms with Crippen molar-refractivity contribution in [2.24, 2.45) is 0 Å². The fourth-order valence-electron chi connectivity index (χ4n) is 2.36. The number of aliphatic hydroxyl groups excluding tert-OH is 1. The van der Waals surface area contributed by atoms with E-state index in [4.69, 9.17) is 0 Å². The molecule has 0 aliphatic carbocycles. The van der Waals surface area contributed by atoms with Crippen LogP contribution < -0.4 is 4.90 Å². The molecular weight excluding hydrogens is 248 g/mol. The van der Waals surface area contributed by atoms with E-state index < -0.39 is 16.6 Å². The molecule has 0 spiro atoms. The first-order valence-corrected chi connectivity index (χ1v) is 6.24. The number of nitro groups is 1. The highest BCUT2D eigenvalue weighted by molar-refractivity contribution is 5.65. The van der Waals surface area contributed by atoms with Crippen molar-refractivity contribution in [1.29, 1.82) is 0 Å². The maximum absolute atomic E-state index is 11.1. The minimum atomic E-state index is -0.809. The zero-order valence-corrected chi connectivity index (χ0v) is 11.0. The Labute approximate surface area is 111 Å². The fourth-order valence-corrected chi connectivity index (χ4v) is 2.36. The van der Waals surface area contributed by atoms with Gasteiger partial charge in [0.25, 0.3) is 5.69 Å². The lowest BCUT2D eigenvalue weighted by molar-refractivity contribution is -0.384. The molecule has 1 aliphatic heterocycles. The second-order valence-corrected chi connectivity index (χ2v) is 5.35. The average Bonchev–Trinajstić information content (AvgIpc) is 2.68. The third-order valence-electron chi connectivity index (χ3n) is 3.47. The Hall–Kier alpha value is -1.66. The topological polar surface area (TPSA) is 86.8 Å².